The lowest BCUT2D eigenvalue weighted by Gasteiger charge is -2.35. The molecule has 0 spiro atoms. The maximum Gasteiger partial charge on any atom is 0.397 e. The number of hydrogen-bond acceptors (Lipinski definition) is 4. The van der Waals surface area contributed by atoms with Crippen LogP contribution in [0.5, 0.6) is 0 Å². The van der Waals surface area contributed by atoms with E-state index < -0.39 is 40.6 Å². The fourth-order valence-electron chi connectivity index (χ4n) is 4.88. The first kappa shape index (κ1) is 27.6. The number of rotatable bonds is 6. The number of halogens is 6. The van der Waals surface area contributed by atoms with E-state index in [9.17, 15) is 31.1 Å². The minimum absolute atomic E-state index is 0.269. The van der Waals surface area contributed by atoms with Crippen molar-refractivity contribution >= 4 is 23.4 Å². The van der Waals surface area contributed by atoms with Crippen LogP contribution < -0.4 is 5.32 Å². The zero-order valence-corrected chi connectivity index (χ0v) is 20.8. The largest absolute Gasteiger partial charge is 0.397 e. The molecule has 4 rings (SSSR count). The smallest absolute Gasteiger partial charge is 0.382 e. The number of thioether (sulfide) groups is 1. The molecule has 1 saturated carbocycles. The van der Waals surface area contributed by atoms with Gasteiger partial charge in [0.1, 0.15) is 5.92 Å². The van der Waals surface area contributed by atoms with Gasteiger partial charge >= 0.3 is 12.4 Å². The lowest BCUT2D eigenvalue weighted by molar-refractivity contribution is -0.233. The van der Waals surface area contributed by atoms with Crippen LogP contribution in [-0.4, -0.2) is 55.5 Å². The molecule has 0 bridgehead atoms. The molecule has 1 aromatic rings. The first-order valence-corrected chi connectivity index (χ1v) is 13.0. The van der Waals surface area contributed by atoms with Gasteiger partial charge in [-0.25, -0.2) is 0 Å². The molecule has 3 aliphatic rings. The average Bonchev–Trinajstić information content (AvgIpc) is 3.35. The summed E-state index contributed by atoms with van der Waals surface area (Å²) in [5.74, 6) is -6.18. The van der Waals surface area contributed by atoms with Crippen LogP contribution in [0.3, 0.4) is 0 Å². The molecule has 2 atom stereocenters. The molecule has 0 aromatic heterocycles. The van der Waals surface area contributed by atoms with E-state index in [0.717, 1.165) is 55.7 Å². The van der Waals surface area contributed by atoms with Crippen LogP contribution in [0.4, 0.5) is 32.0 Å². The number of carbonyl (C=O) groups is 1. The Bertz CT molecular complexity index is 1050. The number of allylic oxidation sites excluding steroid dienone is 5. The summed E-state index contributed by atoms with van der Waals surface area (Å²) in [6, 6.07) is 7.01. The maximum atomic E-state index is 14.2. The standard InChI is InChI=1S/C26H28F6N2O2S/c27-25(28,29)23-17(9-11-22(35)34-12-14-36-15-13-34)8-10-21(24(23)26(30,31)32)37-20-7-3-6-19(16-20)33-18-4-1-2-5-18/h3,6-11,16,18,23-24,33H,1-2,4-5,12-15H2/b11-9+. The first-order chi connectivity index (χ1) is 17.5. The highest BCUT2D eigenvalue weighted by atomic mass is 32.2. The molecule has 4 nitrogen and oxygen atoms in total. The van der Waals surface area contributed by atoms with Crippen LogP contribution in [0.2, 0.25) is 0 Å². The Morgan fingerprint density at radius 3 is 2.32 bits per heavy atom. The Labute approximate surface area is 215 Å². The molecule has 202 valence electrons. The molecular formula is C26H28F6N2O2S. The van der Waals surface area contributed by atoms with Crippen LogP contribution in [0.25, 0.3) is 0 Å². The van der Waals surface area contributed by atoms with Gasteiger partial charge in [0.2, 0.25) is 5.91 Å². The molecule has 1 saturated heterocycles. The third kappa shape index (κ3) is 7.13. The number of benzene rings is 1. The zero-order valence-electron chi connectivity index (χ0n) is 19.9. The average molecular weight is 547 g/mol. The Morgan fingerprint density at radius 1 is 1.00 bits per heavy atom. The Hall–Kier alpha value is -2.40. The number of hydrogen-bond donors (Lipinski definition) is 1. The minimum atomic E-state index is -5.18. The van der Waals surface area contributed by atoms with Crippen molar-refractivity contribution in [2.24, 2.45) is 11.8 Å². The lowest BCUT2D eigenvalue weighted by Crippen LogP contribution is -2.42. The third-order valence-electron chi connectivity index (χ3n) is 6.68. The van der Waals surface area contributed by atoms with Gasteiger partial charge in [0.15, 0.2) is 0 Å². The van der Waals surface area contributed by atoms with Crippen LogP contribution in [0.1, 0.15) is 25.7 Å². The Morgan fingerprint density at radius 2 is 1.68 bits per heavy atom. The van der Waals surface area contributed by atoms with Crippen molar-refractivity contribution in [1.29, 1.82) is 0 Å². The number of alkyl halides is 6. The van der Waals surface area contributed by atoms with Gasteiger partial charge in [0.25, 0.3) is 0 Å². The van der Waals surface area contributed by atoms with Gasteiger partial charge in [0.05, 0.1) is 19.1 Å². The molecule has 0 radical (unpaired) electrons. The van der Waals surface area contributed by atoms with E-state index in [2.05, 4.69) is 5.32 Å². The maximum absolute atomic E-state index is 14.2. The number of morpholine rings is 1. The number of ether oxygens (including phenoxy) is 1. The molecule has 11 heteroatoms. The molecule has 2 fully saturated rings. The van der Waals surface area contributed by atoms with Crippen molar-refractivity contribution in [3.05, 3.63) is 59.0 Å². The predicted molar refractivity (Wildman–Crippen MR) is 130 cm³/mol. The van der Waals surface area contributed by atoms with E-state index in [1.54, 1.807) is 24.3 Å². The second-order valence-corrected chi connectivity index (χ2v) is 10.4. The summed E-state index contributed by atoms with van der Waals surface area (Å²) in [6.07, 6.45) is -2.23. The molecule has 37 heavy (non-hydrogen) atoms. The molecular weight excluding hydrogens is 518 g/mol. The second-order valence-electron chi connectivity index (χ2n) is 9.30. The summed E-state index contributed by atoms with van der Waals surface area (Å²) in [4.78, 5) is 13.7. The van der Waals surface area contributed by atoms with E-state index in [1.807, 2.05) is 0 Å². The lowest BCUT2D eigenvalue weighted by atomic mass is 9.80. The first-order valence-electron chi connectivity index (χ1n) is 12.2. The van der Waals surface area contributed by atoms with Crippen molar-refractivity contribution in [1.82, 2.24) is 4.90 Å². The molecule has 1 aliphatic heterocycles. The fourth-order valence-corrected chi connectivity index (χ4v) is 6.01. The highest BCUT2D eigenvalue weighted by Crippen LogP contribution is 2.53. The van der Waals surface area contributed by atoms with Crippen molar-refractivity contribution in [2.45, 2.75) is 49.0 Å². The van der Waals surface area contributed by atoms with Gasteiger partial charge in [-0.05, 0) is 36.6 Å². The topological polar surface area (TPSA) is 41.6 Å². The summed E-state index contributed by atoms with van der Waals surface area (Å²) in [5.41, 5.74) is 0.127. The van der Waals surface area contributed by atoms with E-state index in [4.69, 9.17) is 4.74 Å². The molecule has 1 N–H and O–H groups in total. The quantitative estimate of drug-likeness (QED) is 0.318. The molecule has 1 aromatic carbocycles. The molecule has 1 heterocycles. The van der Waals surface area contributed by atoms with E-state index in [0.29, 0.717) is 29.9 Å². The SMILES string of the molecule is O=C(/C=C/C1=CC=C(Sc2cccc(NC3CCCC3)c2)C(C(F)(F)F)C1C(F)(F)F)N1CCOCC1. The highest BCUT2D eigenvalue weighted by molar-refractivity contribution is 8.03. The fraction of sp³-hybridized carbons (Fsp3) is 0.500. The van der Waals surface area contributed by atoms with Crippen molar-refractivity contribution < 1.29 is 35.9 Å². The number of nitrogens with one attached hydrogen (secondary N) is 1. The molecule has 2 unspecified atom stereocenters. The summed E-state index contributed by atoms with van der Waals surface area (Å²) < 4.78 is 90.0. The van der Waals surface area contributed by atoms with Crippen LogP contribution in [-0.2, 0) is 9.53 Å². The third-order valence-corrected chi connectivity index (χ3v) is 7.80. The summed E-state index contributed by atoms with van der Waals surface area (Å²) in [6.45, 7) is 1.13. The number of anilines is 1. The van der Waals surface area contributed by atoms with Gasteiger partial charge in [-0.15, -0.1) is 0 Å². The second kappa shape index (κ2) is 11.6. The number of carbonyl (C=O) groups excluding carboxylic acids is 1. The minimum Gasteiger partial charge on any atom is -0.382 e. The van der Waals surface area contributed by atoms with Crippen molar-refractivity contribution in [2.75, 3.05) is 31.6 Å². The summed E-state index contributed by atoms with van der Waals surface area (Å²) in [5, 5.41) is 3.35. The van der Waals surface area contributed by atoms with Crippen LogP contribution >= 0.6 is 11.8 Å². The zero-order chi connectivity index (χ0) is 26.6. The Kier molecular flexibility index (Phi) is 8.63. The normalized spacial score (nSPS) is 23.8. The summed E-state index contributed by atoms with van der Waals surface area (Å²) >= 11 is 0.684. The van der Waals surface area contributed by atoms with Gasteiger partial charge in [-0.3, -0.25) is 4.79 Å². The van der Waals surface area contributed by atoms with Gasteiger partial charge in [0, 0.05) is 40.7 Å². The molecule has 2 aliphatic carbocycles. The Balaban J connectivity index is 1.60. The van der Waals surface area contributed by atoms with Gasteiger partial charge in [-0.1, -0.05) is 48.9 Å². The van der Waals surface area contributed by atoms with Gasteiger partial charge in [-0.2, -0.15) is 26.3 Å². The van der Waals surface area contributed by atoms with Gasteiger partial charge < -0.3 is 15.0 Å². The molecule has 1 amide bonds. The number of nitrogens with zero attached hydrogens (tertiary/aromatic N) is 1. The van der Waals surface area contributed by atoms with Crippen molar-refractivity contribution in [3.8, 4) is 0 Å². The van der Waals surface area contributed by atoms with Crippen molar-refractivity contribution in [3.63, 3.8) is 0 Å². The van der Waals surface area contributed by atoms with E-state index >= 15 is 0 Å². The van der Waals surface area contributed by atoms with E-state index in [1.165, 1.54) is 4.90 Å². The van der Waals surface area contributed by atoms with Crippen LogP contribution in [0.15, 0.2) is 63.9 Å². The monoisotopic (exact) mass is 546 g/mol. The predicted octanol–water partition coefficient (Wildman–Crippen LogP) is 6.73. The highest BCUT2D eigenvalue weighted by Gasteiger charge is 2.58. The summed E-state index contributed by atoms with van der Waals surface area (Å²) in [7, 11) is 0. The van der Waals surface area contributed by atoms with E-state index in [-0.39, 0.29) is 19.1 Å². The number of amides is 1. The van der Waals surface area contributed by atoms with Crippen LogP contribution in [0, 0.1) is 11.8 Å².